The lowest BCUT2D eigenvalue weighted by molar-refractivity contribution is -0.122. The number of anilines is 1. The zero-order chi connectivity index (χ0) is 21.8. The highest BCUT2D eigenvalue weighted by atomic mass is 32.2. The molecular weight excluding hydrogens is 410 g/mol. The van der Waals surface area contributed by atoms with Gasteiger partial charge >= 0.3 is 0 Å². The van der Waals surface area contributed by atoms with Gasteiger partial charge in [-0.25, -0.2) is 8.78 Å². The molecule has 3 rings (SSSR count). The molecule has 1 aliphatic rings. The number of nitrogens with one attached hydrogen (secondary N) is 2. The first-order chi connectivity index (χ1) is 14.2. The van der Waals surface area contributed by atoms with Crippen molar-refractivity contribution in [1.29, 1.82) is 0 Å². The summed E-state index contributed by atoms with van der Waals surface area (Å²) in [6, 6.07) is 8.86. The van der Waals surface area contributed by atoms with Crippen molar-refractivity contribution in [2.24, 2.45) is 10.2 Å². The van der Waals surface area contributed by atoms with Crippen LogP contribution in [0.4, 0.5) is 14.5 Å². The van der Waals surface area contributed by atoms with Crippen LogP contribution in [0.2, 0.25) is 0 Å². The number of carbonyl (C=O) groups is 2. The summed E-state index contributed by atoms with van der Waals surface area (Å²) in [5.41, 5.74) is 2.95. The molecular formula is C21H20F2N4O2S. The van der Waals surface area contributed by atoms with Gasteiger partial charge in [-0.05, 0) is 44.0 Å². The van der Waals surface area contributed by atoms with Crippen molar-refractivity contribution in [3.8, 4) is 0 Å². The molecule has 6 nitrogen and oxygen atoms in total. The summed E-state index contributed by atoms with van der Waals surface area (Å²) in [6.07, 6.45) is -0.0292. The van der Waals surface area contributed by atoms with Gasteiger partial charge in [-0.2, -0.15) is 5.10 Å². The molecule has 0 saturated carbocycles. The summed E-state index contributed by atoms with van der Waals surface area (Å²) < 4.78 is 26.8. The molecule has 1 aliphatic heterocycles. The van der Waals surface area contributed by atoms with E-state index in [-0.39, 0.29) is 34.7 Å². The van der Waals surface area contributed by atoms with Crippen LogP contribution >= 0.6 is 11.8 Å². The van der Waals surface area contributed by atoms with Gasteiger partial charge in [-0.15, -0.1) is 5.10 Å². The number of thioether (sulfide) groups is 1. The van der Waals surface area contributed by atoms with Crippen LogP contribution in [0.15, 0.2) is 46.6 Å². The molecule has 0 aromatic heterocycles. The van der Waals surface area contributed by atoms with Gasteiger partial charge in [-0.1, -0.05) is 30.0 Å². The fourth-order valence-electron chi connectivity index (χ4n) is 2.91. The van der Waals surface area contributed by atoms with E-state index in [1.165, 1.54) is 13.0 Å². The zero-order valence-corrected chi connectivity index (χ0v) is 17.4. The van der Waals surface area contributed by atoms with E-state index in [0.717, 1.165) is 40.7 Å². The summed E-state index contributed by atoms with van der Waals surface area (Å²) in [5, 5.41) is 12.8. The average molecular weight is 430 g/mol. The van der Waals surface area contributed by atoms with Crippen LogP contribution in [0.3, 0.4) is 0 Å². The van der Waals surface area contributed by atoms with Crippen molar-refractivity contribution in [2.45, 2.75) is 32.4 Å². The van der Waals surface area contributed by atoms with Crippen LogP contribution in [0.1, 0.15) is 30.0 Å². The van der Waals surface area contributed by atoms with Crippen molar-refractivity contribution in [3.05, 3.63) is 64.7 Å². The first-order valence-electron chi connectivity index (χ1n) is 9.16. The second kappa shape index (κ2) is 9.17. The maximum atomic E-state index is 13.8. The lowest BCUT2D eigenvalue weighted by atomic mass is 10.1. The van der Waals surface area contributed by atoms with Crippen molar-refractivity contribution in [3.63, 3.8) is 0 Å². The minimum atomic E-state index is -0.749. The molecule has 156 valence electrons. The molecule has 2 N–H and O–H groups in total. The maximum absolute atomic E-state index is 13.8. The number of halogens is 2. The number of hydrogen-bond donors (Lipinski definition) is 2. The van der Waals surface area contributed by atoms with E-state index in [4.69, 9.17) is 0 Å². The van der Waals surface area contributed by atoms with Gasteiger partial charge in [0.05, 0.1) is 5.71 Å². The molecule has 9 heteroatoms. The smallest absolute Gasteiger partial charge is 0.240 e. The third kappa shape index (κ3) is 5.10. The van der Waals surface area contributed by atoms with E-state index in [1.807, 2.05) is 32.0 Å². The molecule has 2 aromatic rings. The molecule has 0 bridgehead atoms. The standard InChI is InChI=1S/C21H20F2N4O2S/c1-11-5-4-6-12(2)19(11)24-18(28)10-17-20(29)25-21(30-17)27-26-13(3)15-8-7-14(22)9-16(15)23/h4-9,17H,10H2,1-3H3,(H,24,28)(H,25,27,29)/b26-13-. The monoisotopic (exact) mass is 430 g/mol. The highest BCUT2D eigenvalue weighted by Gasteiger charge is 2.32. The fraction of sp³-hybridized carbons (Fsp3) is 0.238. The Hall–Kier alpha value is -3.07. The number of aryl methyl sites for hydroxylation is 2. The van der Waals surface area contributed by atoms with E-state index < -0.39 is 16.9 Å². The lowest BCUT2D eigenvalue weighted by Crippen LogP contribution is -2.28. The predicted octanol–water partition coefficient (Wildman–Crippen LogP) is 3.92. The third-order valence-electron chi connectivity index (χ3n) is 4.50. The normalized spacial score (nSPS) is 17.9. The quantitative estimate of drug-likeness (QED) is 0.557. The molecule has 1 saturated heterocycles. The number of amides is 2. The number of benzene rings is 2. The molecule has 1 unspecified atom stereocenters. The summed E-state index contributed by atoms with van der Waals surface area (Å²) in [4.78, 5) is 24.6. The van der Waals surface area contributed by atoms with Gasteiger partial charge in [0.15, 0.2) is 5.17 Å². The van der Waals surface area contributed by atoms with E-state index in [9.17, 15) is 18.4 Å². The van der Waals surface area contributed by atoms with Crippen molar-refractivity contribution in [2.75, 3.05) is 5.32 Å². The zero-order valence-electron chi connectivity index (χ0n) is 16.6. The second-order valence-electron chi connectivity index (χ2n) is 6.83. The third-order valence-corrected chi connectivity index (χ3v) is 5.58. The average Bonchev–Trinajstić information content (AvgIpc) is 3.02. The molecule has 2 amide bonds. The summed E-state index contributed by atoms with van der Waals surface area (Å²) in [6.45, 7) is 5.32. The van der Waals surface area contributed by atoms with Crippen molar-refractivity contribution >= 4 is 40.1 Å². The number of amidine groups is 1. The summed E-state index contributed by atoms with van der Waals surface area (Å²) >= 11 is 1.08. The van der Waals surface area contributed by atoms with Crippen LogP contribution < -0.4 is 10.6 Å². The fourth-order valence-corrected chi connectivity index (χ4v) is 3.83. The summed E-state index contributed by atoms with van der Waals surface area (Å²) in [7, 11) is 0. The Bertz CT molecular complexity index is 1050. The Balaban J connectivity index is 1.65. The Morgan fingerprint density at radius 1 is 1.20 bits per heavy atom. The largest absolute Gasteiger partial charge is 0.326 e. The lowest BCUT2D eigenvalue weighted by Gasteiger charge is -2.12. The number of carbonyl (C=O) groups excluding carboxylic acids is 2. The second-order valence-corrected chi connectivity index (χ2v) is 8.02. The van der Waals surface area contributed by atoms with E-state index in [2.05, 4.69) is 20.8 Å². The SMILES string of the molecule is C/C(=N/N=C1/NC(=O)C(CC(=O)Nc2c(C)cccc2C)S1)c1ccc(F)cc1F. The first kappa shape index (κ1) is 21.6. The van der Waals surface area contributed by atoms with Gasteiger partial charge in [0.2, 0.25) is 11.8 Å². The molecule has 1 heterocycles. The number of para-hydroxylation sites is 1. The Morgan fingerprint density at radius 2 is 1.90 bits per heavy atom. The van der Waals surface area contributed by atoms with Gasteiger partial charge in [-0.3, -0.25) is 9.59 Å². The molecule has 30 heavy (non-hydrogen) atoms. The van der Waals surface area contributed by atoms with Crippen LogP contribution in [-0.4, -0.2) is 27.9 Å². The molecule has 0 spiro atoms. The van der Waals surface area contributed by atoms with Crippen LogP contribution in [-0.2, 0) is 9.59 Å². The van der Waals surface area contributed by atoms with E-state index >= 15 is 0 Å². The first-order valence-corrected chi connectivity index (χ1v) is 10.0. The maximum Gasteiger partial charge on any atom is 0.240 e. The highest BCUT2D eigenvalue weighted by Crippen LogP contribution is 2.25. The van der Waals surface area contributed by atoms with Crippen LogP contribution in [0.5, 0.6) is 0 Å². The minimum absolute atomic E-state index is 0.0292. The van der Waals surface area contributed by atoms with E-state index in [0.29, 0.717) is 0 Å². The summed E-state index contributed by atoms with van der Waals surface area (Å²) in [5.74, 6) is -2.07. The van der Waals surface area contributed by atoms with Gasteiger partial charge < -0.3 is 10.6 Å². The number of hydrogen-bond acceptors (Lipinski definition) is 5. The van der Waals surface area contributed by atoms with Crippen molar-refractivity contribution in [1.82, 2.24) is 5.32 Å². The Labute approximate surface area is 176 Å². The van der Waals surface area contributed by atoms with Gasteiger partial charge in [0.1, 0.15) is 16.9 Å². The van der Waals surface area contributed by atoms with Crippen molar-refractivity contribution < 1.29 is 18.4 Å². The van der Waals surface area contributed by atoms with E-state index in [1.54, 1.807) is 0 Å². The molecule has 2 aromatic carbocycles. The Kier molecular flexibility index (Phi) is 6.61. The highest BCUT2D eigenvalue weighted by molar-refractivity contribution is 8.15. The topological polar surface area (TPSA) is 82.9 Å². The number of rotatable bonds is 5. The Morgan fingerprint density at radius 3 is 2.57 bits per heavy atom. The molecule has 0 aliphatic carbocycles. The molecule has 1 atom stereocenters. The van der Waals surface area contributed by atoms with Crippen LogP contribution in [0.25, 0.3) is 0 Å². The predicted molar refractivity (Wildman–Crippen MR) is 115 cm³/mol. The van der Waals surface area contributed by atoms with Gasteiger partial charge in [0.25, 0.3) is 0 Å². The molecule has 1 fully saturated rings. The van der Waals surface area contributed by atoms with Crippen LogP contribution in [0, 0.1) is 25.5 Å². The molecule has 0 radical (unpaired) electrons. The minimum Gasteiger partial charge on any atom is -0.326 e. The van der Waals surface area contributed by atoms with Gasteiger partial charge in [0, 0.05) is 23.7 Å². The number of nitrogens with zero attached hydrogens (tertiary/aromatic N) is 2.